The molecule has 0 amide bonds. The summed E-state index contributed by atoms with van der Waals surface area (Å²) in [5.74, 6) is 0.318. The maximum atomic E-state index is 14.0. The summed E-state index contributed by atoms with van der Waals surface area (Å²) in [5, 5.41) is 7.71. The molecule has 0 unspecified atom stereocenters. The van der Waals surface area contributed by atoms with Crippen LogP contribution in [0.3, 0.4) is 0 Å². The van der Waals surface area contributed by atoms with Crippen LogP contribution < -0.4 is 4.31 Å². The predicted molar refractivity (Wildman–Crippen MR) is 148 cm³/mol. The zero-order valence-corrected chi connectivity index (χ0v) is 21.5. The number of aromatic nitrogens is 4. The highest BCUT2D eigenvalue weighted by Crippen LogP contribution is 2.43. The summed E-state index contributed by atoms with van der Waals surface area (Å²) in [6, 6.07) is 27.5. The summed E-state index contributed by atoms with van der Waals surface area (Å²) >= 11 is 0. The molecule has 3 aromatic heterocycles. The fourth-order valence-corrected chi connectivity index (χ4v) is 6.35. The first-order chi connectivity index (χ1) is 18.5. The minimum Gasteiger partial charge on any atom is -0.280 e. The van der Waals surface area contributed by atoms with Gasteiger partial charge in [-0.2, -0.15) is 5.10 Å². The van der Waals surface area contributed by atoms with Crippen LogP contribution in [0, 0.1) is 6.92 Å². The van der Waals surface area contributed by atoms with Gasteiger partial charge in [-0.1, -0.05) is 60.2 Å². The minimum atomic E-state index is -3.97. The van der Waals surface area contributed by atoms with Crippen molar-refractivity contribution in [2.75, 3.05) is 4.31 Å². The van der Waals surface area contributed by atoms with E-state index in [-0.39, 0.29) is 4.90 Å². The van der Waals surface area contributed by atoms with Gasteiger partial charge >= 0.3 is 0 Å². The third-order valence-electron chi connectivity index (χ3n) is 6.84. The van der Waals surface area contributed by atoms with Crippen LogP contribution in [0.2, 0.25) is 0 Å². The fourth-order valence-electron chi connectivity index (χ4n) is 4.89. The zero-order valence-electron chi connectivity index (χ0n) is 20.7. The number of para-hydroxylation sites is 1. The highest BCUT2D eigenvalue weighted by molar-refractivity contribution is 7.93. The molecule has 0 bridgehead atoms. The van der Waals surface area contributed by atoms with Crippen LogP contribution in [-0.4, -0.2) is 28.6 Å². The molecule has 6 rings (SSSR count). The Morgan fingerprint density at radius 1 is 0.816 bits per heavy atom. The largest absolute Gasteiger partial charge is 0.280 e. The van der Waals surface area contributed by atoms with Gasteiger partial charge < -0.3 is 0 Å². The van der Waals surface area contributed by atoms with Gasteiger partial charge in [0.25, 0.3) is 10.0 Å². The Bertz CT molecular complexity index is 1660. The van der Waals surface area contributed by atoms with Crippen LogP contribution in [0.25, 0.3) is 6.08 Å². The summed E-state index contributed by atoms with van der Waals surface area (Å²) in [5.41, 5.74) is 4.07. The first-order valence-electron chi connectivity index (χ1n) is 12.3. The number of pyridine rings is 2. The number of nitrogens with one attached hydrogen (secondary N) is 1. The Morgan fingerprint density at radius 2 is 1.45 bits per heavy atom. The average molecular weight is 520 g/mol. The lowest BCUT2D eigenvalue weighted by Gasteiger charge is -2.32. The number of benzene rings is 2. The van der Waals surface area contributed by atoms with Crippen LogP contribution in [0.15, 0.2) is 114 Å². The second-order valence-electron chi connectivity index (χ2n) is 9.27. The summed E-state index contributed by atoms with van der Waals surface area (Å²) in [6.07, 6.45) is 8.02. The third kappa shape index (κ3) is 3.99. The van der Waals surface area contributed by atoms with Gasteiger partial charge in [-0.3, -0.25) is 15.1 Å². The van der Waals surface area contributed by atoms with Crippen molar-refractivity contribution in [1.29, 1.82) is 0 Å². The van der Waals surface area contributed by atoms with Gasteiger partial charge in [-0.15, -0.1) is 0 Å². The molecule has 0 saturated carbocycles. The van der Waals surface area contributed by atoms with Gasteiger partial charge in [0.05, 0.1) is 27.4 Å². The molecule has 1 aliphatic rings. The zero-order chi connectivity index (χ0) is 26.2. The van der Waals surface area contributed by atoms with Crippen molar-refractivity contribution in [2.45, 2.75) is 23.7 Å². The quantitative estimate of drug-likeness (QED) is 0.316. The lowest BCUT2D eigenvalue weighted by Crippen LogP contribution is -2.33. The molecule has 188 valence electrons. The maximum Gasteiger partial charge on any atom is 0.269 e. The molecule has 38 heavy (non-hydrogen) atoms. The Kier molecular flexibility index (Phi) is 5.88. The van der Waals surface area contributed by atoms with Crippen molar-refractivity contribution in [3.8, 4) is 0 Å². The number of H-pyrrole nitrogens is 1. The van der Waals surface area contributed by atoms with Gasteiger partial charge in [-0.25, -0.2) is 12.7 Å². The summed E-state index contributed by atoms with van der Waals surface area (Å²) < 4.78 is 29.4. The van der Waals surface area contributed by atoms with E-state index in [9.17, 15) is 8.42 Å². The van der Waals surface area contributed by atoms with Crippen molar-refractivity contribution >= 4 is 27.6 Å². The van der Waals surface area contributed by atoms with Crippen LogP contribution in [-0.2, 0) is 21.9 Å². The molecule has 0 radical (unpaired) electrons. The van der Waals surface area contributed by atoms with Crippen molar-refractivity contribution in [3.63, 3.8) is 0 Å². The van der Waals surface area contributed by atoms with E-state index in [2.05, 4.69) is 26.2 Å². The number of allylic oxidation sites excluding steroid dienone is 1. The van der Waals surface area contributed by atoms with Gasteiger partial charge in [0.2, 0.25) is 0 Å². The van der Waals surface area contributed by atoms with E-state index in [1.165, 1.54) is 4.31 Å². The van der Waals surface area contributed by atoms with E-state index in [1.54, 1.807) is 48.8 Å². The van der Waals surface area contributed by atoms with E-state index in [4.69, 9.17) is 0 Å². The molecule has 0 spiro atoms. The number of aromatic amines is 1. The Balaban J connectivity index is 1.51. The normalized spacial score (nSPS) is 14.1. The SMILES string of the molecule is Cc1ccc(S(=O)(=O)N(c2ccccc2)c2n[nH]c3c2C=CC(c2ccccn2)(c2ccccn2)C3)cc1. The van der Waals surface area contributed by atoms with Crippen LogP contribution in [0.4, 0.5) is 11.5 Å². The molecule has 0 fully saturated rings. The highest BCUT2D eigenvalue weighted by Gasteiger charge is 2.40. The van der Waals surface area contributed by atoms with Crippen LogP contribution in [0.1, 0.15) is 28.2 Å². The molecular weight excluding hydrogens is 494 g/mol. The van der Waals surface area contributed by atoms with Crippen LogP contribution >= 0.6 is 0 Å². The van der Waals surface area contributed by atoms with E-state index < -0.39 is 15.4 Å². The summed E-state index contributed by atoms with van der Waals surface area (Å²) in [4.78, 5) is 9.53. The number of sulfonamides is 1. The van der Waals surface area contributed by atoms with E-state index in [0.29, 0.717) is 23.5 Å². The fraction of sp³-hybridized carbons (Fsp3) is 0.100. The van der Waals surface area contributed by atoms with Crippen molar-refractivity contribution in [2.24, 2.45) is 0 Å². The molecule has 5 aromatic rings. The molecule has 0 atom stereocenters. The van der Waals surface area contributed by atoms with Crippen LogP contribution in [0.5, 0.6) is 0 Å². The molecule has 1 aliphatic carbocycles. The number of nitrogens with zero attached hydrogens (tertiary/aromatic N) is 4. The second kappa shape index (κ2) is 9.39. The molecule has 0 saturated heterocycles. The summed E-state index contributed by atoms with van der Waals surface area (Å²) in [6.45, 7) is 1.93. The lowest BCUT2D eigenvalue weighted by atomic mass is 9.73. The molecule has 7 nitrogen and oxygen atoms in total. The molecular formula is C30H25N5O2S. The Labute approximate surface area is 221 Å². The Hall–Kier alpha value is -4.56. The number of aryl methyl sites for hydroxylation is 1. The number of rotatable bonds is 6. The van der Waals surface area contributed by atoms with E-state index in [0.717, 1.165) is 22.6 Å². The van der Waals surface area contributed by atoms with E-state index >= 15 is 0 Å². The first kappa shape index (κ1) is 23.8. The van der Waals surface area contributed by atoms with Gasteiger partial charge in [0.15, 0.2) is 5.82 Å². The smallest absolute Gasteiger partial charge is 0.269 e. The molecule has 8 heteroatoms. The molecule has 0 aliphatic heterocycles. The van der Waals surface area contributed by atoms with Crippen molar-refractivity contribution in [1.82, 2.24) is 20.2 Å². The number of anilines is 2. The predicted octanol–water partition coefficient (Wildman–Crippen LogP) is 5.59. The van der Waals surface area contributed by atoms with Crippen molar-refractivity contribution in [3.05, 3.63) is 138 Å². The molecule has 2 aromatic carbocycles. The van der Waals surface area contributed by atoms with Crippen molar-refractivity contribution < 1.29 is 8.42 Å². The average Bonchev–Trinajstić information content (AvgIpc) is 3.37. The molecule has 3 heterocycles. The van der Waals surface area contributed by atoms with E-state index in [1.807, 2.05) is 67.6 Å². The Morgan fingerprint density at radius 3 is 2.05 bits per heavy atom. The topological polar surface area (TPSA) is 91.8 Å². The highest BCUT2D eigenvalue weighted by atomic mass is 32.2. The first-order valence-corrected chi connectivity index (χ1v) is 13.7. The molecule has 1 N–H and O–H groups in total. The lowest BCUT2D eigenvalue weighted by molar-refractivity contribution is 0.582. The number of hydrogen-bond acceptors (Lipinski definition) is 5. The van der Waals surface area contributed by atoms with Gasteiger partial charge in [-0.05, 0) is 55.5 Å². The number of fused-ring (bicyclic) bond motifs is 1. The minimum absolute atomic E-state index is 0.194. The monoisotopic (exact) mass is 519 g/mol. The second-order valence-corrected chi connectivity index (χ2v) is 11.1. The maximum absolute atomic E-state index is 14.0. The third-order valence-corrected chi connectivity index (χ3v) is 8.57. The number of hydrogen-bond donors (Lipinski definition) is 1. The summed E-state index contributed by atoms with van der Waals surface area (Å²) in [7, 11) is -3.97. The van der Waals surface area contributed by atoms with Gasteiger partial charge in [0.1, 0.15) is 0 Å². The standard InChI is InChI=1S/C30H25N5O2S/c1-22-13-15-24(16-14-22)38(36,37)35(23-9-3-2-4-10-23)29-25-17-18-30(21-26(25)33-34-29,27-11-5-7-19-31-27)28-12-6-8-20-32-28/h2-20H,21H2,1H3,(H,33,34). The van der Waals surface area contributed by atoms with Gasteiger partial charge in [0, 0.05) is 30.1 Å².